The highest BCUT2D eigenvalue weighted by Gasteiger charge is 2.06. The number of rotatable bonds is 2. The Labute approximate surface area is 86.1 Å². The van der Waals surface area contributed by atoms with Crippen molar-refractivity contribution in [1.82, 2.24) is 0 Å². The van der Waals surface area contributed by atoms with E-state index in [-0.39, 0.29) is 0 Å². The molecule has 1 N–H and O–H groups in total. The number of aryl methyl sites for hydroxylation is 2. The van der Waals surface area contributed by atoms with Gasteiger partial charge in [-0.1, -0.05) is 35.4 Å². The molecular weight excluding hydrogens is 172 g/mol. The third kappa shape index (κ3) is 2.71. The van der Waals surface area contributed by atoms with E-state index < -0.39 is 6.10 Å². The van der Waals surface area contributed by atoms with Crippen LogP contribution in [0.25, 0.3) is 0 Å². The summed E-state index contributed by atoms with van der Waals surface area (Å²) in [6.07, 6.45) is 1.40. The standard InChI is InChI=1S/C13H18O/c1-9(2)7-13(14)12-6-5-10(3)8-11(12)4/h5-8,13-14H,1-4H3. The molecule has 0 bridgehead atoms. The second-order valence-corrected chi connectivity index (χ2v) is 4.05. The van der Waals surface area contributed by atoms with Gasteiger partial charge in [-0.05, 0) is 38.8 Å². The molecule has 0 aliphatic heterocycles. The summed E-state index contributed by atoms with van der Waals surface area (Å²) in [6, 6.07) is 6.12. The van der Waals surface area contributed by atoms with E-state index in [0.29, 0.717) is 0 Å². The van der Waals surface area contributed by atoms with Gasteiger partial charge in [0, 0.05) is 0 Å². The predicted molar refractivity (Wildman–Crippen MR) is 60.3 cm³/mol. The molecule has 76 valence electrons. The lowest BCUT2D eigenvalue weighted by atomic mass is 10.00. The number of allylic oxidation sites excluding steroid dienone is 1. The Morgan fingerprint density at radius 1 is 1.29 bits per heavy atom. The van der Waals surface area contributed by atoms with Crippen molar-refractivity contribution < 1.29 is 5.11 Å². The molecule has 0 heterocycles. The van der Waals surface area contributed by atoms with Crippen molar-refractivity contribution in [2.45, 2.75) is 33.8 Å². The summed E-state index contributed by atoms with van der Waals surface area (Å²) in [4.78, 5) is 0. The minimum Gasteiger partial charge on any atom is -0.384 e. The Morgan fingerprint density at radius 2 is 1.93 bits per heavy atom. The molecule has 1 aromatic carbocycles. The SMILES string of the molecule is CC(C)=CC(O)c1ccc(C)cc1C. The molecule has 1 aromatic rings. The van der Waals surface area contributed by atoms with E-state index in [1.165, 1.54) is 5.56 Å². The highest BCUT2D eigenvalue weighted by molar-refractivity contribution is 5.34. The largest absolute Gasteiger partial charge is 0.384 e. The maximum atomic E-state index is 9.89. The highest BCUT2D eigenvalue weighted by atomic mass is 16.3. The molecule has 1 heteroatoms. The molecular formula is C13H18O. The Morgan fingerprint density at radius 3 is 2.43 bits per heavy atom. The molecule has 1 nitrogen and oxygen atoms in total. The lowest BCUT2D eigenvalue weighted by Gasteiger charge is -2.11. The minimum atomic E-state index is -0.472. The van der Waals surface area contributed by atoms with Crippen LogP contribution in [0.4, 0.5) is 0 Å². The monoisotopic (exact) mass is 190 g/mol. The van der Waals surface area contributed by atoms with Crippen molar-refractivity contribution in [2.24, 2.45) is 0 Å². The number of aliphatic hydroxyl groups is 1. The molecule has 1 unspecified atom stereocenters. The van der Waals surface area contributed by atoms with E-state index in [0.717, 1.165) is 16.7 Å². The molecule has 0 aliphatic carbocycles. The molecule has 0 saturated carbocycles. The summed E-state index contributed by atoms with van der Waals surface area (Å²) in [6.45, 7) is 8.08. The molecule has 1 atom stereocenters. The van der Waals surface area contributed by atoms with Gasteiger partial charge in [-0.2, -0.15) is 0 Å². The first-order chi connectivity index (χ1) is 6.50. The number of hydrogen-bond donors (Lipinski definition) is 1. The Balaban J connectivity index is 3.02. The fourth-order valence-electron chi connectivity index (χ4n) is 1.56. The third-order valence-electron chi connectivity index (χ3n) is 2.24. The van der Waals surface area contributed by atoms with Crippen LogP contribution in [0.2, 0.25) is 0 Å². The first-order valence-electron chi connectivity index (χ1n) is 4.91. The van der Waals surface area contributed by atoms with Crippen LogP contribution in [0.5, 0.6) is 0 Å². The summed E-state index contributed by atoms with van der Waals surface area (Å²) in [5.74, 6) is 0. The van der Waals surface area contributed by atoms with Gasteiger partial charge in [0.25, 0.3) is 0 Å². The van der Waals surface area contributed by atoms with Gasteiger partial charge in [0.2, 0.25) is 0 Å². The lowest BCUT2D eigenvalue weighted by Crippen LogP contribution is -1.97. The van der Waals surface area contributed by atoms with Crippen LogP contribution in [0.1, 0.15) is 36.6 Å². The normalized spacial score (nSPS) is 12.4. The molecule has 14 heavy (non-hydrogen) atoms. The molecule has 0 fully saturated rings. The third-order valence-corrected chi connectivity index (χ3v) is 2.24. The quantitative estimate of drug-likeness (QED) is 0.709. The molecule has 0 saturated heterocycles. The van der Waals surface area contributed by atoms with E-state index in [1.807, 2.05) is 39.0 Å². The van der Waals surface area contributed by atoms with Gasteiger partial charge < -0.3 is 5.11 Å². The highest BCUT2D eigenvalue weighted by Crippen LogP contribution is 2.20. The van der Waals surface area contributed by atoms with E-state index in [2.05, 4.69) is 13.0 Å². The van der Waals surface area contributed by atoms with Crippen LogP contribution in [-0.2, 0) is 0 Å². The molecule has 0 aromatic heterocycles. The van der Waals surface area contributed by atoms with Crippen molar-refractivity contribution in [3.05, 3.63) is 46.5 Å². The van der Waals surface area contributed by atoms with Crippen molar-refractivity contribution >= 4 is 0 Å². The van der Waals surface area contributed by atoms with Crippen molar-refractivity contribution in [2.75, 3.05) is 0 Å². The summed E-state index contributed by atoms with van der Waals surface area (Å²) in [5.41, 5.74) is 4.51. The van der Waals surface area contributed by atoms with Gasteiger partial charge in [0.1, 0.15) is 0 Å². The number of benzene rings is 1. The zero-order valence-electron chi connectivity index (χ0n) is 9.33. The Hall–Kier alpha value is -1.08. The molecule has 1 rings (SSSR count). The van der Waals surface area contributed by atoms with Crippen molar-refractivity contribution in [3.63, 3.8) is 0 Å². The Kier molecular flexibility index (Phi) is 3.48. The zero-order valence-corrected chi connectivity index (χ0v) is 9.33. The van der Waals surface area contributed by atoms with Crippen LogP contribution in [0, 0.1) is 13.8 Å². The minimum absolute atomic E-state index is 0.472. The average Bonchev–Trinajstić information content (AvgIpc) is 2.01. The zero-order chi connectivity index (χ0) is 10.7. The average molecular weight is 190 g/mol. The maximum Gasteiger partial charge on any atom is 0.0976 e. The van der Waals surface area contributed by atoms with E-state index in [4.69, 9.17) is 0 Å². The molecule has 0 aliphatic rings. The van der Waals surface area contributed by atoms with Crippen LogP contribution in [-0.4, -0.2) is 5.11 Å². The van der Waals surface area contributed by atoms with Crippen molar-refractivity contribution in [3.8, 4) is 0 Å². The topological polar surface area (TPSA) is 20.2 Å². The van der Waals surface area contributed by atoms with Gasteiger partial charge in [0.05, 0.1) is 6.10 Å². The fraction of sp³-hybridized carbons (Fsp3) is 0.385. The van der Waals surface area contributed by atoms with E-state index in [9.17, 15) is 5.11 Å². The van der Waals surface area contributed by atoms with Gasteiger partial charge in [0.15, 0.2) is 0 Å². The summed E-state index contributed by atoms with van der Waals surface area (Å²) in [7, 11) is 0. The molecule has 0 amide bonds. The second-order valence-electron chi connectivity index (χ2n) is 4.05. The Bertz CT molecular complexity index is 346. The fourth-order valence-corrected chi connectivity index (χ4v) is 1.56. The summed E-state index contributed by atoms with van der Waals surface area (Å²) in [5, 5.41) is 9.89. The summed E-state index contributed by atoms with van der Waals surface area (Å²) >= 11 is 0. The predicted octanol–water partition coefficient (Wildman–Crippen LogP) is 3.30. The van der Waals surface area contributed by atoms with Crippen LogP contribution in [0.3, 0.4) is 0 Å². The van der Waals surface area contributed by atoms with Gasteiger partial charge in [-0.15, -0.1) is 0 Å². The maximum absolute atomic E-state index is 9.89. The van der Waals surface area contributed by atoms with Crippen LogP contribution in [0.15, 0.2) is 29.8 Å². The van der Waals surface area contributed by atoms with Crippen molar-refractivity contribution in [1.29, 1.82) is 0 Å². The first-order valence-corrected chi connectivity index (χ1v) is 4.91. The van der Waals surface area contributed by atoms with Crippen LogP contribution >= 0.6 is 0 Å². The summed E-state index contributed by atoms with van der Waals surface area (Å²) < 4.78 is 0. The first kappa shape index (κ1) is 11.0. The van der Waals surface area contributed by atoms with Gasteiger partial charge in [-0.3, -0.25) is 0 Å². The van der Waals surface area contributed by atoms with E-state index >= 15 is 0 Å². The molecule has 0 spiro atoms. The van der Waals surface area contributed by atoms with Crippen LogP contribution < -0.4 is 0 Å². The number of aliphatic hydroxyl groups excluding tert-OH is 1. The lowest BCUT2D eigenvalue weighted by molar-refractivity contribution is 0.227. The van der Waals surface area contributed by atoms with Gasteiger partial charge in [-0.25, -0.2) is 0 Å². The van der Waals surface area contributed by atoms with E-state index in [1.54, 1.807) is 0 Å². The second kappa shape index (κ2) is 4.43. The smallest absolute Gasteiger partial charge is 0.0976 e. The molecule has 0 radical (unpaired) electrons. The number of hydrogen-bond acceptors (Lipinski definition) is 1. The van der Waals surface area contributed by atoms with Gasteiger partial charge >= 0.3 is 0 Å².